The van der Waals surface area contributed by atoms with Gasteiger partial charge in [-0.05, 0) is 36.6 Å². The van der Waals surface area contributed by atoms with Gasteiger partial charge in [0.1, 0.15) is 17.5 Å². The SMILES string of the molecule is COc1cc(OC)cc(C(=O)N[C@H](C(=O)OCCCn2c(=O)oc3ccccc32)C(C)C)c1. The smallest absolute Gasteiger partial charge is 0.419 e. The molecule has 176 valence electrons. The van der Waals surface area contributed by atoms with Crippen LogP contribution in [0, 0.1) is 5.92 Å². The van der Waals surface area contributed by atoms with Crippen LogP contribution in [-0.2, 0) is 16.1 Å². The van der Waals surface area contributed by atoms with Crippen LogP contribution in [0.3, 0.4) is 0 Å². The molecule has 1 atom stereocenters. The standard InChI is InChI=1S/C24H28N2O7/c1-15(2)21(25-22(27)16-12-17(30-3)14-18(13-16)31-4)23(28)32-11-7-10-26-19-8-5-6-9-20(19)33-24(26)29/h5-6,8-9,12-15,21H,7,10-11H2,1-4H3,(H,25,27)/t21-/m0/s1. The number of fused-ring (bicyclic) bond motifs is 1. The molecule has 0 aliphatic rings. The molecule has 1 N–H and O–H groups in total. The van der Waals surface area contributed by atoms with E-state index in [1.165, 1.54) is 18.8 Å². The molecule has 0 saturated heterocycles. The lowest BCUT2D eigenvalue weighted by atomic mass is 10.0. The third-order valence-corrected chi connectivity index (χ3v) is 5.16. The molecule has 0 aliphatic heterocycles. The van der Waals surface area contributed by atoms with E-state index in [1.54, 1.807) is 36.4 Å². The average Bonchev–Trinajstić information content (AvgIpc) is 3.14. The van der Waals surface area contributed by atoms with Crippen LogP contribution < -0.4 is 20.5 Å². The second kappa shape index (κ2) is 10.7. The molecule has 0 spiro atoms. The van der Waals surface area contributed by atoms with Gasteiger partial charge in [-0.2, -0.15) is 0 Å². The van der Waals surface area contributed by atoms with Crippen LogP contribution >= 0.6 is 0 Å². The van der Waals surface area contributed by atoms with Crippen molar-refractivity contribution >= 4 is 23.0 Å². The van der Waals surface area contributed by atoms with Crippen molar-refractivity contribution < 1.29 is 28.2 Å². The van der Waals surface area contributed by atoms with Gasteiger partial charge in [0.2, 0.25) is 0 Å². The molecule has 0 fully saturated rings. The molecule has 0 aliphatic carbocycles. The van der Waals surface area contributed by atoms with E-state index in [4.69, 9.17) is 18.6 Å². The molecule has 3 rings (SSSR count). The summed E-state index contributed by atoms with van der Waals surface area (Å²) >= 11 is 0. The Hall–Kier alpha value is -3.75. The van der Waals surface area contributed by atoms with Gasteiger partial charge in [-0.15, -0.1) is 0 Å². The predicted octanol–water partition coefficient (Wildman–Crippen LogP) is 3.00. The number of rotatable bonds is 10. The van der Waals surface area contributed by atoms with Gasteiger partial charge in [0.05, 0.1) is 26.3 Å². The summed E-state index contributed by atoms with van der Waals surface area (Å²) in [6.45, 7) is 4.06. The zero-order chi connectivity index (χ0) is 24.0. The number of nitrogens with zero attached hydrogens (tertiary/aromatic N) is 1. The first-order chi connectivity index (χ1) is 15.8. The molecule has 0 bridgehead atoms. The lowest BCUT2D eigenvalue weighted by molar-refractivity contribution is -0.147. The number of amides is 1. The highest BCUT2D eigenvalue weighted by Gasteiger charge is 2.26. The molecule has 1 amide bonds. The summed E-state index contributed by atoms with van der Waals surface area (Å²) in [5.41, 5.74) is 1.50. The second-order valence-corrected chi connectivity index (χ2v) is 7.80. The first kappa shape index (κ1) is 23.9. The number of para-hydroxylation sites is 2. The molecule has 33 heavy (non-hydrogen) atoms. The Morgan fingerprint density at radius 3 is 2.36 bits per heavy atom. The maximum atomic E-state index is 12.8. The fraction of sp³-hybridized carbons (Fsp3) is 0.375. The van der Waals surface area contributed by atoms with Crippen molar-refractivity contribution in [2.75, 3.05) is 20.8 Å². The number of hydrogen-bond donors (Lipinski definition) is 1. The Morgan fingerprint density at radius 2 is 1.73 bits per heavy atom. The van der Waals surface area contributed by atoms with E-state index >= 15 is 0 Å². The minimum absolute atomic E-state index is 0.0941. The number of benzene rings is 2. The Labute approximate surface area is 191 Å². The Bertz CT molecular complexity index is 1160. The lowest BCUT2D eigenvalue weighted by Gasteiger charge is -2.21. The van der Waals surface area contributed by atoms with Gasteiger partial charge in [0.15, 0.2) is 5.58 Å². The first-order valence-electron chi connectivity index (χ1n) is 10.6. The summed E-state index contributed by atoms with van der Waals surface area (Å²) in [7, 11) is 2.98. The Balaban J connectivity index is 1.59. The molecule has 3 aromatic rings. The Morgan fingerprint density at radius 1 is 1.06 bits per heavy atom. The van der Waals surface area contributed by atoms with Crippen molar-refractivity contribution in [3.8, 4) is 11.5 Å². The maximum absolute atomic E-state index is 12.8. The Kier molecular flexibility index (Phi) is 7.76. The number of oxazole rings is 1. The highest BCUT2D eigenvalue weighted by molar-refractivity contribution is 5.97. The average molecular weight is 456 g/mol. The van der Waals surface area contributed by atoms with Crippen LogP contribution in [0.2, 0.25) is 0 Å². The van der Waals surface area contributed by atoms with Gasteiger partial charge in [-0.1, -0.05) is 26.0 Å². The fourth-order valence-electron chi connectivity index (χ4n) is 3.37. The summed E-state index contributed by atoms with van der Waals surface area (Å²) in [4.78, 5) is 37.5. The third-order valence-electron chi connectivity index (χ3n) is 5.16. The molecular formula is C24H28N2O7. The minimum atomic E-state index is -0.841. The topological polar surface area (TPSA) is 109 Å². The number of aromatic nitrogens is 1. The highest BCUT2D eigenvalue weighted by atomic mass is 16.5. The minimum Gasteiger partial charge on any atom is -0.497 e. The van der Waals surface area contributed by atoms with Gasteiger partial charge in [0.25, 0.3) is 5.91 Å². The molecule has 0 saturated carbocycles. The van der Waals surface area contributed by atoms with E-state index in [2.05, 4.69) is 5.32 Å². The van der Waals surface area contributed by atoms with E-state index in [0.717, 1.165) is 0 Å². The van der Waals surface area contributed by atoms with Crippen LogP contribution in [0.4, 0.5) is 0 Å². The van der Waals surface area contributed by atoms with Gasteiger partial charge >= 0.3 is 11.7 Å². The van der Waals surface area contributed by atoms with Crippen molar-refractivity contribution in [1.82, 2.24) is 9.88 Å². The maximum Gasteiger partial charge on any atom is 0.419 e. The molecule has 1 aromatic heterocycles. The number of esters is 1. The fourth-order valence-corrected chi connectivity index (χ4v) is 3.37. The largest absolute Gasteiger partial charge is 0.497 e. The summed E-state index contributed by atoms with van der Waals surface area (Å²) in [5.74, 6) is -0.717. The number of methoxy groups -OCH3 is 2. The molecule has 1 heterocycles. The summed E-state index contributed by atoms with van der Waals surface area (Å²) in [6, 6.07) is 11.1. The number of aryl methyl sites for hydroxylation is 1. The van der Waals surface area contributed by atoms with Crippen LogP contribution in [0.25, 0.3) is 11.1 Å². The van der Waals surface area contributed by atoms with E-state index in [0.29, 0.717) is 41.1 Å². The number of ether oxygens (including phenoxy) is 3. The highest BCUT2D eigenvalue weighted by Crippen LogP contribution is 2.22. The molecule has 9 nitrogen and oxygen atoms in total. The van der Waals surface area contributed by atoms with Crippen molar-refractivity contribution in [1.29, 1.82) is 0 Å². The summed E-state index contributed by atoms with van der Waals surface area (Å²) in [6.07, 6.45) is 0.418. The van der Waals surface area contributed by atoms with Gasteiger partial charge in [-0.3, -0.25) is 9.36 Å². The van der Waals surface area contributed by atoms with Crippen molar-refractivity contribution in [2.24, 2.45) is 5.92 Å². The van der Waals surface area contributed by atoms with E-state index in [1.807, 2.05) is 19.9 Å². The van der Waals surface area contributed by atoms with Crippen LogP contribution in [0.5, 0.6) is 11.5 Å². The summed E-state index contributed by atoms with van der Waals surface area (Å²) in [5, 5.41) is 2.73. The zero-order valence-corrected chi connectivity index (χ0v) is 19.1. The normalized spacial score (nSPS) is 11.9. The molecule has 9 heteroatoms. The molecule has 0 unspecified atom stereocenters. The zero-order valence-electron chi connectivity index (χ0n) is 19.1. The van der Waals surface area contributed by atoms with Crippen molar-refractivity contribution in [3.05, 3.63) is 58.6 Å². The van der Waals surface area contributed by atoms with Gasteiger partial charge in [-0.25, -0.2) is 9.59 Å². The predicted molar refractivity (Wildman–Crippen MR) is 122 cm³/mol. The molecule has 2 aromatic carbocycles. The van der Waals surface area contributed by atoms with Crippen LogP contribution in [0.1, 0.15) is 30.6 Å². The van der Waals surface area contributed by atoms with Crippen molar-refractivity contribution in [3.63, 3.8) is 0 Å². The van der Waals surface area contributed by atoms with Gasteiger partial charge in [0, 0.05) is 18.2 Å². The number of carbonyl (C=O) groups is 2. The number of carbonyl (C=O) groups excluding carboxylic acids is 2. The van der Waals surface area contributed by atoms with Crippen molar-refractivity contribution in [2.45, 2.75) is 32.9 Å². The van der Waals surface area contributed by atoms with Crippen LogP contribution in [-0.4, -0.2) is 43.3 Å². The quantitative estimate of drug-likeness (QED) is 0.369. The third kappa shape index (κ3) is 5.74. The van der Waals surface area contributed by atoms with E-state index in [9.17, 15) is 14.4 Å². The van der Waals surface area contributed by atoms with E-state index in [-0.39, 0.29) is 12.5 Å². The molecule has 0 radical (unpaired) electrons. The van der Waals surface area contributed by atoms with Crippen LogP contribution in [0.15, 0.2) is 51.7 Å². The van der Waals surface area contributed by atoms with Gasteiger partial charge < -0.3 is 23.9 Å². The second-order valence-electron chi connectivity index (χ2n) is 7.80. The summed E-state index contributed by atoms with van der Waals surface area (Å²) < 4.78 is 22.5. The molecular weight excluding hydrogens is 428 g/mol. The number of hydrogen-bond acceptors (Lipinski definition) is 7. The number of nitrogens with one attached hydrogen (secondary N) is 1. The lowest BCUT2D eigenvalue weighted by Crippen LogP contribution is -2.45. The first-order valence-corrected chi connectivity index (χ1v) is 10.6. The van der Waals surface area contributed by atoms with E-state index < -0.39 is 23.7 Å². The monoisotopic (exact) mass is 456 g/mol.